The maximum absolute atomic E-state index is 10.3. The summed E-state index contributed by atoms with van der Waals surface area (Å²) in [5, 5.41) is 0. The van der Waals surface area contributed by atoms with Gasteiger partial charge < -0.3 is 10.5 Å². The van der Waals surface area contributed by atoms with E-state index in [1.807, 2.05) is 0 Å². The van der Waals surface area contributed by atoms with Gasteiger partial charge in [-0.1, -0.05) is 32.1 Å². The molecule has 0 aliphatic carbocycles. The summed E-state index contributed by atoms with van der Waals surface area (Å²) in [5.74, 6) is 0.757. The van der Waals surface area contributed by atoms with Crippen molar-refractivity contribution in [1.82, 2.24) is 0 Å². The first kappa shape index (κ1) is 19.6. The first-order valence-electron chi connectivity index (χ1n) is 5.28. The second-order valence-corrected chi connectivity index (χ2v) is 5.63. The number of hydrogen-bond donors (Lipinski definition) is 2. The van der Waals surface area contributed by atoms with Crippen LogP contribution in [0.5, 0.6) is 0 Å². The first-order chi connectivity index (χ1) is 7.13. The zero-order valence-electron chi connectivity index (χ0n) is 10.9. The van der Waals surface area contributed by atoms with Gasteiger partial charge in [0.2, 0.25) is 0 Å². The van der Waals surface area contributed by atoms with E-state index in [1.54, 1.807) is 0 Å². The molecule has 0 radical (unpaired) electrons. The molecule has 0 aliphatic heterocycles. The van der Waals surface area contributed by atoms with Crippen LogP contribution in [-0.4, -0.2) is 29.0 Å². The van der Waals surface area contributed by atoms with E-state index in [0.29, 0.717) is 11.5 Å². The van der Waals surface area contributed by atoms with Gasteiger partial charge in [0, 0.05) is 11.5 Å². The minimum absolute atomic E-state index is 0. The Balaban J connectivity index is -0.000000980. The third kappa shape index (κ3) is 17.6. The second-order valence-electron chi connectivity index (χ2n) is 3.53. The maximum atomic E-state index is 10.3. The average Bonchev–Trinajstić information content (AvgIpc) is 2.14. The van der Waals surface area contributed by atoms with Crippen LogP contribution in [0.3, 0.4) is 0 Å². The largest absolute Gasteiger partial charge is 1.00 e. The third-order valence-corrected chi connectivity index (χ3v) is 3.41. The summed E-state index contributed by atoms with van der Waals surface area (Å²) in [5.41, 5.74) is 0. The Labute approximate surface area is 126 Å². The molecule has 0 bridgehead atoms. The molecule has 0 amide bonds. The Bertz CT molecular complexity index is 187. The van der Waals surface area contributed by atoms with Crippen molar-refractivity contribution in [1.29, 1.82) is 0 Å². The molecule has 0 aromatic carbocycles. The molecule has 94 valence electrons. The van der Waals surface area contributed by atoms with Crippen LogP contribution in [-0.2, 0) is 22.2 Å². The predicted molar refractivity (Wildman–Crippen MR) is 64.7 cm³/mol. The molecule has 0 aromatic heterocycles. The molecule has 2 N–H and O–H groups in total. The van der Waals surface area contributed by atoms with Crippen molar-refractivity contribution in [3.05, 3.63) is 0 Å². The maximum Gasteiger partial charge on any atom is 1.00 e. The number of hydrogen-bond acceptors (Lipinski definition) is 2. The molecule has 0 aliphatic rings. The Morgan fingerprint density at radius 1 is 0.688 bits per heavy atom. The van der Waals surface area contributed by atoms with E-state index >= 15 is 0 Å². The van der Waals surface area contributed by atoms with E-state index in [-0.39, 0.29) is 31.0 Å². The smallest absolute Gasteiger partial charge is 1.00 e. The molecule has 4 nitrogen and oxygen atoms in total. The summed E-state index contributed by atoms with van der Waals surface area (Å²) < 4.78 is 37.6. The van der Waals surface area contributed by atoms with Crippen molar-refractivity contribution in [2.24, 2.45) is 0 Å². The minimum atomic E-state index is -1.64. The minimum Gasteiger partial charge on any atom is -1.00 e. The molecule has 0 saturated heterocycles. The SMILES string of the molecule is O=S(O)CCCCCCCCCS(=O)O.[H-].[Na+]. The van der Waals surface area contributed by atoms with Crippen molar-refractivity contribution in [3.8, 4) is 0 Å². The van der Waals surface area contributed by atoms with Crippen molar-refractivity contribution in [2.45, 2.75) is 44.9 Å². The Hall–Kier alpha value is 1.22. The molecule has 0 rings (SSSR count). The summed E-state index contributed by atoms with van der Waals surface area (Å²) in [6.07, 6.45) is 6.89. The van der Waals surface area contributed by atoms with Crippen molar-refractivity contribution >= 4 is 22.2 Å². The molecule has 0 fully saturated rings. The van der Waals surface area contributed by atoms with E-state index < -0.39 is 22.2 Å². The normalized spacial score (nSPS) is 14.1. The Morgan fingerprint density at radius 3 is 1.19 bits per heavy atom. The van der Waals surface area contributed by atoms with Gasteiger partial charge in [-0.15, -0.1) is 0 Å². The van der Waals surface area contributed by atoms with E-state index in [4.69, 9.17) is 9.11 Å². The van der Waals surface area contributed by atoms with Gasteiger partial charge in [-0.25, -0.2) is 8.42 Å². The van der Waals surface area contributed by atoms with Gasteiger partial charge >= 0.3 is 29.6 Å². The average molecular weight is 280 g/mol. The van der Waals surface area contributed by atoms with Crippen LogP contribution < -0.4 is 29.6 Å². The topological polar surface area (TPSA) is 74.6 Å². The molecular formula is C9H21NaO4S2. The van der Waals surface area contributed by atoms with Gasteiger partial charge in [-0.3, -0.25) is 0 Å². The summed E-state index contributed by atoms with van der Waals surface area (Å²) in [7, 11) is 0. The quantitative estimate of drug-likeness (QED) is 0.314. The standard InChI is InChI=1S/C9H20O4S2.Na.H/c10-14(11)8-6-4-2-1-3-5-7-9-15(12)13;;/h1-9H2,(H,10,11)(H,12,13);;/q;+1;-1. The Morgan fingerprint density at radius 2 is 0.938 bits per heavy atom. The van der Waals surface area contributed by atoms with Crippen LogP contribution in [0.4, 0.5) is 0 Å². The predicted octanol–water partition coefficient (Wildman–Crippen LogP) is -0.723. The van der Waals surface area contributed by atoms with Gasteiger partial charge in [-0.2, -0.15) is 0 Å². The van der Waals surface area contributed by atoms with Crippen LogP contribution in [0.15, 0.2) is 0 Å². The fourth-order valence-corrected chi connectivity index (χ4v) is 2.24. The molecule has 2 atom stereocenters. The third-order valence-electron chi connectivity index (χ3n) is 2.14. The molecule has 7 heteroatoms. The van der Waals surface area contributed by atoms with Gasteiger partial charge in [0.1, 0.15) is 0 Å². The molecule has 0 heterocycles. The molecular weight excluding hydrogens is 259 g/mol. The molecule has 0 aromatic rings. The monoisotopic (exact) mass is 280 g/mol. The molecule has 0 saturated carbocycles. The fourth-order valence-electron chi connectivity index (χ4n) is 1.33. The molecule has 0 spiro atoms. The summed E-state index contributed by atoms with van der Waals surface area (Å²) >= 11 is -3.29. The van der Waals surface area contributed by atoms with Crippen molar-refractivity contribution < 1.29 is 48.5 Å². The molecule has 16 heavy (non-hydrogen) atoms. The van der Waals surface area contributed by atoms with Gasteiger partial charge in [-0.05, 0) is 12.8 Å². The van der Waals surface area contributed by atoms with Gasteiger partial charge in [0.15, 0.2) is 22.2 Å². The van der Waals surface area contributed by atoms with Crippen LogP contribution in [0.1, 0.15) is 46.4 Å². The molecule has 2 unspecified atom stereocenters. The van der Waals surface area contributed by atoms with Gasteiger partial charge in [0.25, 0.3) is 0 Å². The fraction of sp³-hybridized carbons (Fsp3) is 1.00. The Kier molecular flexibility index (Phi) is 17.5. The van der Waals surface area contributed by atoms with Crippen LogP contribution in [0.2, 0.25) is 0 Å². The summed E-state index contributed by atoms with van der Waals surface area (Å²) in [4.78, 5) is 0. The second kappa shape index (κ2) is 14.3. The van der Waals surface area contributed by atoms with Crippen LogP contribution >= 0.6 is 0 Å². The van der Waals surface area contributed by atoms with Crippen LogP contribution in [0.25, 0.3) is 0 Å². The van der Waals surface area contributed by atoms with E-state index in [0.717, 1.165) is 44.9 Å². The zero-order chi connectivity index (χ0) is 11.5. The van der Waals surface area contributed by atoms with Crippen molar-refractivity contribution in [3.63, 3.8) is 0 Å². The number of unbranched alkanes of at least 4 members (excludes halogenated alkanes) is 6. The summed E-state index contributed by atoms with van der Waals surface area (Å²) in [6.45, 7) is 0. The van der Waals surface area contributed by atoms with Gasteiger partial charge in [0.05, 0.1) is 0 Å². The van der Waals surface area contributed by atoms with E-state index in [2.05, 4.69) is 0 Å². The summed E-state index contributed by atoms with van der Waals surface area (Å²) in [6, 6.07) is 0. The zero-order valence-corrected chi connectivity index (χ0v) is 13.5. The first-order valence-corrected chi connectivity index (χ1v) is 7.83. The van der Waals surface area contributed by atoms with E-state index in [9.17, 15) is 8.42 Å². The van der Waals surface area contributed by atoms with Crippen LogP contribution in [0, 0.1) is 0 Å². The number of rotatable bonds is 10. The van der Waals surface area contributed by atoms with E-state index in [1.165, 1.54) is 0 Å². The van der Waals surface area contributed by atoms with Crippen molar-refractivity contribution in [2.75, 3.05) is 11.5 Å².